The maximum absolute atomic E-state index is 12.8. The number of fused-ring (bicyclic) bond motifs is 1. The third-order valence-electron chi connectivity index (χ3n) is 4.45. The predicted molar refractivity (Wildman–Crippen MR) is 106 cm³/mol. The van der Waals surface area contributed by atoms with Crippen LogP contribution in [0.25, 0.3) is 11.0 Å². The van der Waals surface area contributed by atoms with Gasteiger partial charge < -0.3 is 9.64 Å². The van der Waals surface area contributed by atoms with Crippen LogP contribution in [0.4, 0.5) is 13.2 Å². The molecule has 0 unspecified atom stereocenters. The monoisotopic (exact) mass is 436 g/mol. The van der Waals surface area contributed by atoms with E-state index in [0.717, 1.165) is 12.1 Å². The van der Waals surface area contributed by atoms with Gasteiger partial charge in [-0.15, -0.1) is 13.2 Å². The van der Waals surface area contributed by atoms with Crippen LogP contribution in [0.15, 0.2) is 46.1 Å². The summed E-state index contributed by atoms with van der Waals surface area (Å²) in [4.78, 5) is 44.7. The molecule has 1 amide bonds. The molecular weight excluding hydrogens is 417 g/mol. The van der Waals surface area contributed by atoms with Gasteiger partial charge >= 0.3 is 12.1 Å². The van der Waals surface area contributed by atoms with Gasteiger partial charge in [0.2, 0.25) is 0 Å². The Balaban J connectivity index is 1.82. The SMILES string of the molecule is CCCn1c(=O)[nH]c(=O)c2cc(C(=O)N(C)Cc3ccc(OC(F)(F)F)cc3)cnc21. The number of alkyl halides is 3. The van der Waals surface area contributed by atoms with E-state index in [1.165, 1.54) is 40.9 Å². The molecule has 0 spiro atoms. The van der Waals surface area contributed by atoms with Crippen molar-refractivity contribution in [2.75, 3.05) is 7.05 Å². The van der Waals surface area contributed by atoms with E-state index in [1.54, 1.807) is 0 Å². The van der Waals surface area contributed by atoms with E-state index >= 15 is 0 Å². The summed E-state index contributed by atoms with van der Waals surface area (Å²) < 4.78 is 41.9. The number of carbonyl (C=O) groups excluding carboxylic acids is 1. The fourth-order valence-electron chi connectivity index (χ4n) is 3.08. The molecule has 2 aromatic heterocycles. The Kier molecular flexibility index (Phi) is 6.14. The highest BCUT2D eigenvalue weighted by atomic mass is 19.4. The summed E-state index contributed by atoms with van der Waals surface area (Å²) >= 11 is 0. The van der Waals surface area contributed by atoms with E-state index in [-0.39, 0.29) is 28.9 Å². The van der Waals surface area contributed by atoms with E-state index in [4.69, 9.17) is 0 Å². The minimum Gasteiger partial charge on any atom is -0.406 e. The van der Waals surface area contributed by atoms with Gasteiger partial charge in [0.1, 0.15) is 11.4 Å². The molecule has 11 heteroatoms. The summed E-state index contributed by atoms with van der Waals surface area (Å²) in [5, 5.41) is 0.112. The number of rotatable bonds is 6. The number of aromatic amines is 1. The molecule has 2 heterocycles. The highest BCUT2D eigenvalue weighted by Gasteiger charge is 2.31. The van der Waals surface area contributed by atoms with E-state index in [0.29, 0.717) is 18.5 Å². The van der Waals surface area contributed by atoms with Gasteiger partial charge in [-0.2, -0.15) is 0 Å². The summed E-state index contributed by atoms with van der Waals surface area (Å²) in [6.07, 6.45) is -2.84. The average molecular weight is 436 g/mol. The molecule has 31 heavy (non-hydrogen) atoms. The molecule has 0 saturated heterocycles. The third-order valence-corrected chi connectivity index (χ3v) is 4.45. The second kappa shape index (κ2) is 8.62. The van der Waals surface area contributed by atoms with E-state index < -0.39 is 23.5 Å². The van der Waals surface area contributed by atoms with Crippen molar-refractivity contribution in [3.63, 3.8) is 0 Å². The van der Waals surface area contributed by atoms with Crippen molar-refractivity contribution in [2.45, 2.75) is 32.8 Å². The molecule has 1 aromatic carbocycles. The molecule has 8 nitrogen and oxygen atoms in total. The van der Waals surface area contributed by atoms with Crippen molar-refractivity contribution in [3.8, 4) is 5.75 Å². The summed E-state index contributed by atoms with van der Waals surface area (Å²) in [5.74, 6) is -0.807. The summed E-state index contributed by atoms with van der Waals surface area (Å²) in [6.45, 7) is 2.34. The maximum Gasteiger partial charge on any atom is 0.573 e. The Bertz CT molecular complexity index is 1220. The van der Waals surface area contributed by atoms with Crippen molar-refractivity contribution < 1.29 is 22.7 Å². The number of aromatic nitrogens is 3. The Morgan fingerprint density at radius 1 is 1.23 bits per heavy atom. The molecule has 0 fully saturated rings. The number of nitrogens with zero attached hydrogens (tertiary/aromatic N) is 3. The molecule has 0 bridgehead atoms. The van der Waals surface area contributed by atoms with Gasteiger partial charge in [0, 0.05) is 26.3 Å². The van der Waals surface area contributed by atoms with Crippen LogP contribution < -0.4 is 16.0 Å². The van der Waals surface area contributed by atoms with Crippen molar-refractivity contribution in [3.05, 3.63) is 68.5 Å². The normalized spacial score (nSPS) is 11.5. The first kappa shape index (κ1) is 22.1. The Labute approximate surface area is 173 Å². The molecule has 3 rings (SSSR count). The standard InChI is InChI=1S/C20H19F3N4O4/c1-3-8-27-16-15(17(28)25-19(27)30)9-13(10-24-16)18(29)26(2)11-12-4-6-14(7-5-12)31-20(21,22)23/h4-7,9-10H,3,8,11H2,1-2H3,(H,25,28,30). The van der Waals surface area contributed by atoms with Gasteiger partial charge in [0.25, 0.3) is 11.5 Å². The van der Waals surface area contributed by atoms with Gasteiger partial charge in [0.15, 0.2) is 0 Å². The number of hydrogen-bond donors (Lipinski definition) is 1. The lowest BCUT2D eigenvalue weighted by Crippen LogP contribution is -2.31. The Hall–Kier alpha value is -3.63. The quantitative estimate of drug-likeness (QED) is 0.641. The lowest BCUT2D eigenvalue weighted by atomic mass is 10.1. The average Bonchev–Trinajstić information content (AvgIpc) is 2.70. The molecule has 0 radical (unpaired) electrons. The predicted octanol–water partition coefficient (Wildman–Crippen LogP) is 2.67. The van der Waals surface area contributed by atoms with Crippen LogP contribution in [0.3, 0.4) is 0 Å². The second-order valence-corrected chi connectivity index (χ2v) is 6.86. The topological polar surface area (TPSA) is 97.3 Å². The van der Waals surface area contributed by atoms with Crippen molar-refractivity contribution in [1.82, 2.24) is 19.4 Å². The largest absolute Gasteiger partial charge is 0.573 e. The minimum absolute atomic E-state index is 0.106. The second-order valence-electron chi connectivity index (χ2n) is 6.86. The number of amides is 1. The fraction of sp³-hybridized carbons (Fsp3) is 0.300. The van der Waals surface area contributed by atoms with Gasteiger partial charge in [0.05, 0.1) is 10.9 Å². The molecule has 0 saturated carbocycles. The van der Waals surface area contributed by atoms with Gasteiger partial charge in [-0.1, -0.05) is 19.1 Å². The van der Waals surface area contributed by atoms with E-state index in [9.17, 15) is 27.6 Å². The number of ether oxygens (including phenoxy) is 1. The maximum atomic E-state index is 12.8. The summed E-state index contributed by atoms with van der Waals surface area (Å²) in [5.41, 5.74) is -0.304. The first-order valence-electron chi connectivity index (χ1n) is 9.32. The molecule has 0 aliphatic heterocycles. The number of carbonyl (C=O) groups is 1. The number of hydrogen-bond acceptors (Lipinski definition) is 5. The first-order valence-corrected chi connectivity index (χ1v) is 9.32. The van der Waals surface area contributed by atoms with E-state index in [1.807, 2.05) is 6.92 Å². The van der Waals surface area contributed by atoms with Crippen LogP contribution in [0.5, 0.6) is 5.75 Å². The minimum atomic E-state index is -4.78. The molecule has 0 atom stereocenters. The van der Waals surface area contributed by atoms with Crippen molar-refractivity contribution in [2.24, 2.45) is 0 Å². The highest BCUT2D eigenvalue weighted by Crippen LogP contribution is 2.23. The number of benzene rings is 1. The number of nitrogens with one attached hydrogen (secondary N) is 1. The van der Waals surface area contributed by atoms with Crippen molar-refractivity contribution >= 4 is 16.9 Å². The van der Waals surface area contributed by atoms with Crippen LogP contribution in [0, 0.1) is 0 Å². The first-order chi connectivity index (χ1) is 14.6. The highest BCUT2D eigenvalue weighted by molar-refractivity contribution is 5.96. The zero-order valence-corrected chi connectivity index (χ0v) is 16.7. The van der Waals surface area contributed by atoms with Crippen LogP contribution >= 0.6 is 0 Å². The Morgan fingerprint density at radius 3 is 2.52 bits per heavy atom. The third kappa shape index (κ3) is 5.11. The van der Waals surface area contributed by atoms with E-state index in [2.05, 4.69) is 14.7 Å². The zero-order valence-electron chi connectivity index (χ0n) is 16.7. The molecule has 3 aromatic rings. The molecule has 0 aliphatic carbocycles. The van der Waals surface area contributed by atoms with Crippen molar-refractivity contribution in [1.29, 1.82) is 0 Å². The molecule has 1 N–H and O–H groups in total. The smallest absolute Gasteiger partial charge is 0.406 e. The lowest BCUT2D eigenvalue weighted by Gasteiger charge is -2.18. The van der Waals surface area contributed by atoms with Crippen LogP contribution in [0.1, 0.15) is 29.3 Å². The van der Waals surface area contributed by atoms with Crippen LogP contribution in [-0.4, -0.2) is 38.8 Å². The molecular formula is C20H19F3N4O4. The van der Waals surface area contributed by atoms with Crippen LogP contribution in [-0.2, 0) is 13.1 Å². The van der Waals surface area contributed by atoms with Gasteiger partial charge in [-0.25, -0.2) is 9.78 Å². The number of halogens is 3. The number of H-pyrrole nitrogens is 1. The summed E-state index contributed by atoms with van der Waals surface area (Å²) in [7, 11) is 1.51. The number of pyridine rings is 1. The lowest BCUT2D eigenvalue weighted by molar-refractivity contribution is -0.274. The van der Waals surface area contributed by atoms with Gasteiger partial charge in [-0.05, 0) is 30.2 Å². The molecule has 164 valence electrons. The zero-order chi connectivity index (χ0) is 22.8. The number of aryl methyl sites for hydroxylation is 1. The fourth-order valence-corrected chi connectivity index (χ4v) is 3.08. The van der Waals surface area contributed by atoms with Gasteiger partial charge in [-0.3, -0.25) is 19.1 Å². The molecule has 0 aliphatic rings. The summed E-state index contributed by atoms with van der Waals surface area (Å²) in [6, 6.07) is 6.51. The Morgan fingerprint density at radius 2 is 1.90 bits per heavy atom. The van der Waals surface area contributed by atoms with Crippen LogP contribution in [0.2, 0.25) is 0 Å².